The molecule has 0 saturated carbocycles. The smallest absolute Gasteiger partial charge is 0.434 e. The highest BCUT2D eigenvalue weighted by Gasteiger charge is 2.25. The van der Waals surface area contributed by atoms with Crippen LogP contribution in [0.2, 0.25) is 0 Å². The molecule has 1 fully saturated rings. The summed E-state index contributed by atoms with van der Waals surface area (Å²) < 4.78 is 6.30. The number of ether oxygens (including phenoxy) is 1. The first-order chi connectivity index (χ1) is 11.6. The summed E-state index contributed by atoms with van der Waals surface area (Å²) in [6, 6.07) is 0. The van der Waals surface area contributed by atoms with Crippen molar-refractivity contribution in [2.45, 2.75) is 55.0 Å². The van der Waals surface area contributed by atoms with Gasteiger partial charge in [-0.3, -0.25) is 0 Å². The van der Waals surface area contributed by atoms with Gasteiger partial charge in [0.25, 0.3) is 0 Å². The van der Waals surface area contributed by atoms with E-state index in [1.54, 1.807) is 11.1 Å². The topological polar surface area (TPSA) is 90.5 Å². The van der Waals surface area contributed by atoms with Crippen molar-refractivity contribution < 1.29 is 14.5 Å². The minimum Gasteiger partial charge on any atom is -0.448 e. The zero-order valence-electron chi connectivity index (χ0n) is 16.0. The Morgan fingerprint density at radius 1 is 1.25 bits per heavy atom. The lowest BCUT2D eigenvalue weighted by Gasteiger charge is -2.17. The lowest BCUT2D eigenvalue weighted by molar-refractivity contribution is -0.396. The van der Waals surface area contributed by atoms with Gasteiger partial charge in [0.15, 0.2) is 0 Å². The maximum Gasteiger partial charge on any atom is 0.434 e. The Bertz CT molecular complexity index is 463. The zero-order chi connectivity index (χ0) is 19.1. The molecule has 1 aliphatic heterocycles. The SMILES string of the molecule is CC.CC.CC.CC(CN1CCOC1=O)Cn1ccnc1[N+](=O)[O-]. The Morgan fingerprint density at radius 3 is 2.29 bits per heavy atom. The van der Waals surface area contributed by atoms with Crippen LogP contribution in [0.4, 0.5) is 10.7 Å². The molecule has 0 radical (unpaired) electrons. The van der Waals surface area contributed by atoms with Gasteiger partial charge >= 0.3 is 12.0 Å². The van der Waals surface area contributed by atoms with E-state index >= 15 is 0 Å². The van der Waals surface area contributed by atoms with Crippen molar-refractivity contribution in [2.75, 3.05) is 19.7 Å². The summed E-state index contributed by atoms with van der Waals surface area (Å²) >= 11 is 0. The Morgan fingerprint density at radius 2 is 1.83 bits per heavy atom. The van der Waals surface area contributed by atoms with Crippen molar-refractivity contribution in [2.24, 2.45) is 5.92 Å². The molecule has 2 heterocycles. The van der Waals surface area contributed by atoms with E-state index in [4.69, 9.17) is 4.74 Å². The molecule has 0 spiro atoms. The summed E-state index contributed by atoms with van der Waals surface area (Å²) in [4.78, 5) is 26.7. The number of cyclic esters (lactones) is 1. The Hall–Kier alpha value is -2.12. The number of rotatable bonds is 5. The molecule has 8 heteroatoms. The van der Waals surface area contributed by atoms with E-state index in [9.17, 15) is 14.9 Å². The molecule has 24 heavy (non-hydrogen) atoms. The standard InChI is InChI=1S/C10H14N4O4.3C2H6/c1-8(7-13-4-5-18-10(13)15)6-12-3-2-11-9(12)14(16)17;3*1-2/h2-3,8H,4-7H2,1H3;3*1-2H3. The number of nitro groups is 1. The number of hydrogen-bond donors (Lipinski definition) is 0. The van der Waals surface area contributed by atoms with E-state index in [0.29, 0.717) is 26.2 Å². The molecular formula is C16H32N4O4. The molecule has 0 N–H and O–H groups in total. The second kappa shape index (κ2) is 14.5. The molecule has 1 saturated heterocycles. The largest absolute Gasteiger partial charge is 0.448 e. The number of carbonyl (C=O) groups excluding carboxylic acids is 1. The fraction of sp³-hybridized carbons (Fsp3) is 0.750. The summed E-state index contributed by atoms with van der Waals surface area (Å²) in [5.74, 6) is -0.0885. The maximum atomic E-state index is 11.3. The van der Waals surface area contributed by atoms with Crippen molar-refractivity contribution in [3.63, 3.8) is 0 Å². The van der Waals surface area contributed by atoms with Crippen LogP contribution >= 0.6 is 0 Å². The summed E-state index contributed by atoms with van der Waals surface area (Å²) in [6.07, 6.45) is 2.65. The molecule has 140 valence electrons. The molecule has 1 amide bonds. The van der Waals surface area contributed by atoms with Gasteiger partial charge in [-0.2, -0.15) is 0 Å². The molecule has 1 aromatic rings. The van der Waals surface area contributed by atoms with Gasteiger partial charge in [-0.05, 0) is 4.92 Å². The molecular weight excluding hydrogens is 312 g/mol. The van der Waals surface area contributed by atoms with Gasteiger partial charge in [0.05, 0.1) is 13.1 Å². The third-order valence-corrected chi connectivity index (χ3v) is 2.74. The Balaban J connectivity index is 0. The van der Waals surface area contributed by atoms with Gasteiger partial charge < -0.3 is 19.8 Å². The minimum atomic E-state index is -0.517. The van der Waals surface area contributed by atoms with Gasteiger partial charge in [-0.25, -0.2) is 9.36 Å². The van der Waals surface area contributed by atoms with Crippen LogP contribution in [0.5, 0.6) is 0 Å². The van der Waals surface area contributed by atoms with Gasteiger partial charge in [0.2, 0.25) is 0 Å². The van der Waals surface area contributed by atoms with E-state index < -0.39 is 4.92 Å². The van der Waals surface area contributed by atoms with Crippen molar-refractivity contribution in [3.8, 4) is 0 Å². The third kappa shape index (κ3) is 7.94. The van der Waals surface area contributed by atoms with Crippen molar-refractivity contribution in [1.82, 2.24) is 14.5 Å². The Kier molecular flexibility index (Phi) is 14.6. The number of carbonyl (C=O) groups is 1. The first-order valence-corrected chi connectivity index (χ1v) is 8.65. The van der Waals surface area contributed by atoms with Crippen molar-refractivity contribution in [3.05, 3.63) is 22.5 Å². The summed E-state index contributed by atoms with van der Waals surface area (Å²) in [6.45, 7) is 15.9. The minimum absolute atomic E-state index is 0.0866. The summed E-state index contributed by atoms with van der Waals surface area (Å²) in [5.41, 5.74) is 0. The van der Waals surface area contributed by atoms with Crippen molar-refractivity contribution >= 4 is 12.0 Å². The number of amides is 1. The molecule has 2 rings (SSSR count). The highest BCUT2D eigenvalue weighted by atomic mass is 16.6. The van der Waals surface area contributed by atoms with Crippen LogP contribution in [0.15, 0.2) is 12.4 Å². The highest BCUT2D eigenvalue weighted by Crippen LogP contribution is 2.13. The van der Waals surface area contributed by atoms with E-state index in [-0.39, 0.29) is 18.0 Å². The van der Waals surface area contributed by atoms with E-state index in [0.717, 1.165) is 0 Å². The first kappa shape index (κ1) is 24.1. The predicted octanol–water partition coefficient (Wildman–Crippen LogP) is 3.96. The second-order valence-corrected chi connectivity index (χ2v) is 4.30. The lowest BCUT2D eigenvalue weighted by atomic mass is 10.1. The molecule has 0 aromatic carbocycles. The summed E-state index contributed by atoms with van der Waals surface area (Å²) in [5, 5.41) is 10.7. The predicted molar refractivity (Wildman–Crippen MR) is 95.0 cm³/mol. The van der Waals surface area contributed by atoms with Crippen LogP contribution in [0.1, 0.15) is 48.5 Å². The number of aromatic nitrogens is 2. The molecule has 1 unspecified atom stereocenters. The number of imidazole rings is 1. The molecule has 1 aromatic heterocycles. The van der Waals surface area contributed by atoms with E-state index in [1.807, 2.05) is 48.5 Å². The van der Waals surface area contributed by atoms with Gasteiger partial charge in [0.1, 0.15) is 19.0 Å². The molecule has 1 atom stereocenters. The van der Waals surface area contributed by atoms with E-state index in [1.165, 1.54) is 10.8 Å². The number of hydrogen-bond acceptors (Lipinski definition) is 5. The van der Waals surface area contributed by atoms with Crippen LogP contribution in [-0.4, -0.2) is 45.2 Å². The normalized spacial score (nSPS) is 13.3. The molecule has 8 nitrogen and oxygen atoms in total. The monoisotopic (exact) mass is 344 g/mol. The average molecular weight is 344 g/mol. The van der Waals surface area contributed by atoms with Crippen LogP contribution in [0, 0.1) is 16.0 Å². The van der Waals surface area contributed by atoms with E-state index in [2.05, 4.69) is 4.98 Å². The lowest BCUT2D eigenvalue weighted by Crippen LogP contribution is -2.31. The first-order valence-electron chi connectivity index (χ1n) is 8.65. The third-order valence-electron chi connectivity index (χ3n) is 2.74. The number of nitrogens with zero attached hydrogens (tertiary/aromatic N) is 4. The fourth-order valence-electron chi connectivity index (χ4n) is 1.98. The van der Waals surface area contributed by atoms with Crippen molar-refractivity contribution in [1.29, 1.82) is 0 Å². The molecule has 1 aliphatic rings. The van der Waals surface area contributed by atoms with Crippen LogP contribution < -0.4 is 0 Å². The fourth-order valence-corrected chi connectivity index (χ4v) is 1.98. The van der Waals surface area contributed by atoms with Gasteiger partial charge in [-0.1, -0.05) is 53.5 Å². The average Bonchev–Trinajstić information content (AvgIpc) is 3.23. The zero-order valence-corrected chi connectivity index (χ0v) is 16.0. The van der Waals surface area contributed by atoms with Crippen LogP contribution in [-0.2, 0) is 11.3 Å². The maximum absolute atomic E-state index is 11.3. The molecule has 0 aliphatic carbocycles. The quantitative estimate of drug-likeness (QED) is 0.595. The van der Waals surface area contributed by atoms with Gasteiger partial charge in [-0.15, -0.1) is 0 Å². The van der Waals surface area contributed by atoms with Crippen LogP contribution in [0.3, 0.4) is 0 Å². The molecule has 0 bridgehead atoms. The van der Waals surface area contributed by atoms with Gasteiger partial charge in [0, 0.05) is 12.5 Å². The van der Waals surface area contributed by atoms with Crippen LogP contribution in [0.25, 0.3) is 0 Å². The summed E-state index contributed by atoms with van der Waals surface area (Å²) in [7, 11) is 0. The second-order valence-electron chi connectivity index (χ2n) is 4.30. The Labute approximate surface area is 145 Å². The highest BCUT2D eigenvalue weighted by molar-refractivity contribution is 5.69.